The van der Waals surface area contributed by atoms with Gasteiger partial charge in [-0.25, -0.2) is 0 Å². The summed E-state index contributed by atoms with van der Waals surface area (Å²) in [4.78, 5) is 0. The van der Waals surface area contributed by atoms with Gasteiger partial charge < -0.3 is 10.3 Å². The molecule has 0 aliphatic carbocycles. The first kappa shape index (κ1) is 7.16. The van der Waals surface area contributed by atoms with Crippen LogP contribution in [0.4, 0.5) is 5.69 Å². The third kappa shape index (κ3) is 0.794. The summed E-state index contributed by atoms with van der Waals surface area (Å²) >= 11 is 0. The van der Waals surface area contributed by atoms with Gasteiger partial charge in [-0.3, -0.25) is 0 Å². The molecule has 0 bridgehead atoms. The Hall–Kier alpha value is -1.51. The molecule has 0 aliphatic rings. The van der Waals surface area contributed by atoms with E-state index in [-0.39, 0.29) is 0 Å². The average Bonchev–Trinajstić information content (AvgIpc) is 2.41. The second-order valence-corrected chi connectivity index (χ2v) is 2.92. The zero-order valence-electron chi connectivity index (χ0n) is 7.09. The molecule has 0 saturated heterocycles. The SMILES string of the molecule is Cc1noc2ccc(N)c(C)c12. The highest BCUT2D eigenvalue weighted by Gasteiger charge is 2.07. The number of nitrogens with zero attached hydrogens (tertiary/aromatic N) is 1. The first-order valence-corrected chi connectivity index (χ1v) is 3.81. The van der Waals surface area contributed by atoms with Crippen LogP contribution in [0.1, 0.15) is 11.3 Å². The topological polar surface area (TPSA) is 52.0 Å². The van der Waals surface area contributed by atoms with Crippen LogP contribution >= 0.6 is 0 Å². The fourth-order valence-electron chi connectivity index (χ4n) is 1.39. The Morgan fingerprint density at radius 3 is 2.83 bits per heavy atom. The number of hydrogen-bond donors (Lipinski definition) is 1. The van der Waals surface area contributed by atoms with Crippen molar-refractivity contribution in [1.82, 2.24) is 5.16 Å². The van der Waals surface area contributed by atoms with E-state index in [9.17, 15) is 0 Å². The van der Waals surface area contributed by atoms with Crippen molar-refractivity contribution in [1.29, 1.82) is 0 Å². The number of aryl methyl sites for hydroxylation is 2. The van der Waals surface area contributed by atoms with Crippen LogP contribution in [0.2, 0.25) is 0 Å². The van der Waals surface area contributed by atoms with Gasteiger partial charge in [-0.15, -0.1) is 0 Å². The summed E-state index contributed by atoms with van der Waals surface area (Å²) in [6.45, 7) is 3.89. The number of benzene rings is 1. The van der Waals surface area contributed by atoms with Gasteiger partial charge in [-0.2, -0.15) is 0 Å². The fraction of sp³-hybridized carbons (Fsp3) is 0.222. The number of nitrogen functional groups attached to an aromatic ring is 1. The minimum absolute atomic E-state index is 0.786. The number of aromatic nitrogens is 1. The predicted octanol–water partition coefficient (Wildman–Crippen LogP) is 2.03. The first-order valence-electron chi connectivity index (χ1n) is 3.81. The number of nitrogens with two attached hydrogens (primary N) is 1. The molecule has 0 amide bonds. The van der Waals surface area contributed by atoms with Gasteiger partial charge in [0.2, 0.25) is 0 Å². The van der Waals surface area contributed by atoms with Crippen molar-refractivity contribution in [2.75, 3.05) is 5.73 Å². The molecule has 0 radical (unpaired) electrons. The maximum Gasteiger partial charge on any atom is 0.167 e. The van der Waals surface area contributed by atoms with Gasteiger partial charge in [0.05, 0.1) is 5.69 Å². The maximum absolute atomic E-state index is 5.74. The van der Waals surface area contributed by atoms with Crippen molar-refractivity contribution in [2.45, 2.75) is 13.8 Å². The lowest BCUT2D eigenvalue weighted by Crippen LogP contribution is -1.89. The largest absolute Gasteiger partial charge is 0.398 e. The summed E-state index contributed by atoms with van der Waals surface area (Å²) < 4.78 is 5.08. The standard InChI is InChI=1S/C9H10N2O/c1-5-7(10)3-4-8-9(5)6(2)11-12-8/h3-4H,10H2,1-2H3. The molecular weight excluding hydrogens is 152 g/mol. The lowest BCUT2D eigenvalue weighted by atomic mass is 10.1. The van der Waals surface area contributed by atoms with E-state index in [1.54, 1.807) is 0 Å². The molecule has 0 fully saturated rings. The molecule has 2 aromatic rings. The monoisotopic (exact) mass is 162 g/mol. The first-order chi connectivity index (χ1) is 5.70. The van der Waals surface area contributed by atoms with Crippen LogP contribution in [0, 0.1) is 13.8 Å². The molecule has 62 valence electrons. The zero-order chi connectivity index (χ0) is 8.72. The smallest absolute Gasteiger partial charge is 0.167 e. The fourth-order valence-corrected chi connectivity index (χ4v) is 1.39. The summed E-state index contributed by atoms with van der Waals surface area (Å²) in [6.07, 6.45) is 0. The van der Waals surface area contributed by atoms with Gasteiger partial charge in [-0.1, -0.05) is 5.16 Å². The van der Waals surface area contributed by atoms with Gasteiger partial charge in [0.25, 0.3) is 0 Å². The third-order valence-corrected chi connectivity index (χ3v) is 2.11. The number of hydrogen-bond acceptors (Lipinski definition) is 3. The Labute approximate surface area is 70.1 Å². The molecule has 1 heterocycles. The highest BCUT2D eigenvalue weighted by Crippen LogP contribution is 2.25. The van der Waals surface area contributed by atoms with E-state index < -0.39 is 0 Å². The highest BCUT2D eigenvalue weighted by atomic mass is 16.5. The van der Waals surface area contributed by atoms with Crippen molar-refractivity contribution in [2.24, 2.45) is 0 Å². The average molecular weight is 162 g/mol. The van der Waals surface area contributed by atoms with E-state index in [4.69, 9.17) is 10.3 Å². The molecular formula is C9H10N2O. The van der Waals surface area contributed by atoms with E-state index in [0.29, 0.717) is 0 Å². The number of rotatable bonds is 0. The van der Waals surface area contributed by atoms with Crippen LogP contribution in [-0.4, -0.2) is 5.16 Å². The molecule has 0 spiro atoms. The van der Waals surface area contributed by atoms with E-state index >= 15 is 0 Å². The van der Waals surface area contributed by atoms with Gasteiger partial charge in [0.1, 0.15) is 0 Å². The van der Waals surface area contributed by atoms with Crippen LogP contribution in [0.25, 0.3) is 11.0 Å². The molecule has 0 unspecified atom stereocenters. The molecule has 2 rings (SSSR count). The summed E-state index contributed by atoms with van der Waals surface area (Å²) in [5.41, 5.74) is 9.28. The van der Waals surface area contributed by atoms with E-state index in [2.05, 4.69) is 5.16 Å². The van der Waals surface area contributed by atoms with E-state index in [0.717, 1.165) is 27.9 Å². The Kier molecular flexibility index (Phi) is 1.33. The lowest BCUT2D eigenvalue weighted by Gasteiger charge is -1.98. The second-order valence-electron chi connectivity index (χ2n) is 2.92. The van der Waals surface area contributed by atoms with Crippen LogP contribution in [0.3, 0.4) is 0 Å². The van der Waals surface area contributed by atoms with Crippen molar-refractivity contribution < 1.29 is 4.52 Å². The van der Waals surface area contributed by atoms with Crippen LogP contribution in [0.15, 0.2) is 16.7 Å². The predicted molar refractivity (Wildman–Crippen MR) is 47.9 cm³/mol. The quantitative estimate of drug-likeness (QED) is 0.603. The molecule has 0 aliphatic heterocycles. The Balaban J connectivity index is 2.96. The van der Waals surface area contributed by atoms with Crippen molar-refractivity contribution in [3.8, 4) is 0 Å². The maximum atomic E-state index is 5.74. The molecule has 3 heteroatoms. The Morgan fingerprint density at radius 1 is 1.33 bits per heavy atom. The molecule has 1 aromatic carbocycles. The normalized spacial score (nSPS) is 10.8. The molecule has 3 nitrogen and oxygen atoms in total. The summed E-state index contributed by atoms with van der Waals surface area (Å²) in [5, 5.41) is 4.90. The summed E-state index contributed by atoms with van der Waals surface area (Å²) in [5.74, 6) is 0. The molecule has 0 atom stereocenters. The van der Waals surface area contributed by atoms with E-state index in [1.807, 2.05) is 26.0 Å². The van der Waals surface area contributed by atoms with Gasteiger partial charge in [0.15, 0.2) is 5.58 Å². The summed E-state index contributed by atoms with van der Waals surface area (Å²) in [7, 11) is 0. The minimum Gasteiger partial charge on any atom is -0.398 e. The Bertz CT molecular complexity index is 431. The van der Waals surface area contributed by atoms with Crippen molar-refractivity contribution in [3.05, 3.63) is 23.4 Å². The zero-order valence-corrected chi connectivity index (χ0v) is 7.09. The van der Waals surface area contributed by atoms with E-state index in [1.165, 1.54) is 0 Å². The molecule has 2 N–H and O–H groups in total. The Morgan fingerprint density at radius 2 is 2.08 bits per heavy atom. The molecule has 0 saturated carbocycles. The van der Waals surface area contributed by atoms with Crippen LogP contribution in [-0.2, 0) is 0 Å². The lowest BCUT2D eigenvalue weighted by molar-refractivity contribution is 0.450. The highest BCUT2D eigenvalue weighted by molar-refractivity contribution is 5.87. The second kappa shape index (κ2) is 2.24. The molecule has 1 aromatic heterocycles. The summed E-state index contributed by atoms with van der Waals surface area (Å²) in [6, 6.07) is 3.68. The van der Waals surface area contributed by atoms with Gasteiger partial charge in [0, 0.05) is 11.1 Å². The van der Waals surface area contributed by atoms with Gasteiger partial charge in [-0.05, 0) is 31.5 Å². The number of anilines is 1. The molecule has 12 heavy (non-hydrogen) atoms. The van der Waals surface area contributed by atoms with Crippen LogP contribution < -0.4 is 5.73 Å². The van der Waals surface area contributed by atoms with Crippen LogP contribution in [0.5, 0.6) is 0 Å². The van der Waals surface area contributed by atoms with Crippen molar-refractivity contribution in [3.63, 3.8) is 0 Å². The minimum atomic E-state index is 0.786. The third-order valence-electron chi connectivity index (χ3n) is 2.11. The number of fused-ring (bicyclic) bond motifs is 1. The van der Waals surface area contributed by atoms with Crippen molar-refractivity contribution >= 4 is 16.7 Å². The van der Waals surface area contributed by atoms with Gasteiger partial charge >= 0.3 is 0 Å².